The van der Waals surface area contributed by atoms with Gasteiger partial charge in [-0.25, -0.2) is 14.8 Å². The summed E-state index contributed by atoms with van der Waals surface area (Å²) in [6, 6.07) is 1.50. The minimum Gasteiger partial charge on any atom is -0.465 e. The second-order valence-electron chi connectivity index (χ2n) is 6.20. The summed E-state index contributed by atoms with van der Waals surface area (Å²) in [5, 5.41) is 10.3. The van der Waals surface area contributed by atoms with Gasteiger partial charge in [0, 0.05) is 12.1 Å². The van der Waals surface area contributed by atoms with E-state index in [1.807, 2.05) is 31.4 Å². The summed E-state index contributed by atoms with van der Waals surface area (Å²) in [6.07, 6.45) is 2.07. The lowest BCUT2D eigenvalue weighted by atomic mass is 10.0. The van der Waals surface area contributed by atoms with E-state index < -0.39 is 17.7 Å². The van der Waals surface area contributed by atoms with Crippen molar-refractivity contribution >= 4 is 45.5 Å². The number of nitrogens with zero attached hydrogens (tertiary/aromatic N) is 4. The van der Waals surface area contributed by atoms with Crippen molar-refractivity contribution in [1.29, 1.82) is 0 Å². The highest BCUT2D eigenvalue weighted by Crippen LogP contribution is 2.26. The topological polar surface area (TPSA) is 97.3 Å². The van der Waals surface area contributed by atoms with Gasteiger partial charge in [-0.3, -0.25) is 4.90 Å². The third-order valence-electron chi connectivity index (χ3n) is 3.57. The maximum atomic E-state index is 11.7. The molecule has 0 saturated carbocycles. The number of hydrogen-bond acceptors (Lipinski definition) is 4. The Morgan fingerprint density at radius 2 is 2.22 bits per heavy atom. The molecule has 0 aromatic carbocycles. The highest BCUT2D eigenvalue weighted by atomic mass is 127. The van der Waals surface area contributed by atoms with Gasteiger partial charge in [0.2, 0.25) is 0 Å². The van der Waals surface area contributed by atoms with Crippen molar-refractivity contribution in [2.75, 3.05) is 5.73 Å². The number of rotatable bonds is 4. The van der Waals surface area contributed by atoms with Gasteiger partial charge in [0.15, 0.2) is 0 Å². The second kappa shape index (κ2) is 6.34. The Balaban J connectivity index is 2.47. The fraction of sp³-hybridized carbons (Fsp3) is 0.400. The normalized spacial score (nSPS) is 13.0. The molecule has 3 N–H and O–H groups in total. The molecule has 0 aliphatic rings. The zero-order chi connectivity index (χ0) is 17.4. The first-order valence-corrected chi connectivity index (χ1v) is 8.14. The summed E-state index contributed by atoms with van der Waals surface area (Å²) in [7, 11) is 0. The fourth-order valence-corrected chi connectivity index (χ4v) is 3.34. The molecule has 2 heterocycles. The first kappa shape index (κ1) is 17.5. The fourth-order valence-electron chi connectivity index (χ4n) is 2.60. The lowest BCUT2D eigenvalue weighted by Gasteiger charge is -2.38. The quantitative estimate of drug-likeness (QED) is 0.576. The van der Waals surface area contributed by atoms with E-state index in [-0.39, 0.29) is 0 Å². The van der Waals surface area contributed by atoms with Gasteiger partial charge in [-0.05, 0) is 49.4 Å². The van der Waals surface area contributed by atoms with Crippen LogP contribution < -0.4 is 5.73 Å². The van der Waals surface area contributed by atoms with Crippen LogP contribution in [0.4, 0.5) is 10.6 Å². The van der Waals surface area contributed by atoms with Gasteiger partial charge in [0.1, 0.15) is 17.8 Å². The average Bonchev–Trinajstić information content (AvgIpc) is 2.74. The molecule has 8 heteroatoms. The van der Waals surface area contributed by atoms with E-state index in [4.69, 9.17) is 5.73 Å². The number of carboxylic acid groups (broad SMARTS) is 1. The number of carbonyl (C=O) groups is 1. The van der Waals surface area contributed by atoms with Crippen molar-refractivity contribution in [1.82, 2.24) is 19.4 Å². The van der Waals surface area contributed by atoms with Crippen LogP contribution >= 0.6 is 22.6 Å². The largest absolute Gasteiger partial charge is 0.465 e. The van der Waals surface area contributed by atoms with E-state index in [0.717, 1.165) is 9.09 Å². The Labute approximate surface area is 148 Å². The number of halogens is 1. The maximum absolute atomic E-state index is 11.7. The van der Waals surface area contributed by atoms with Gasteiger partial charge in [-0.2, -0.15) is 0 Å². The Bertz CT molecular complexity index is 750. The summed E-state index contributed by atoms with van der Waals surface area (Å²) < 4.78 is 2.85. The zero-order valence-electron chi connectivity index (χ0n) is 13.3. The Kier molecular flexibility index (Phi) is 4.83. The van der Waals surface area contributed by atoms with E-state index in [2.05, 4.69) is 39.1 Å². The molecule has 23 heavy (non-hydrogen) atoms. The van der Waals surface area contributed by atoms with Crippen LogP contribution in [0, 0.1) is 3.70 Å². The molecule has 0 fully saturated rings. The minimum atomic E-state index is -0.983. The van der Waals surface area contributed by atoms with E-state index in [9.17, 15) is 9.90 Å². The molecule has 0 aliphatic heterocycles. The van der Waals surface area contributed by atoms with E-state index >= 15 is 0 Å². The van der Waals surface area contributed by atoms with Crippen molar-refractivity contribution in [3.8, 4) is 0 Å². The molecule has 124 valence electrons. The van der Waals surface area contributed by atoms with Crippen LogP contribution in [0.1, 0.15) is 20.8 Å². The molecule has 1 atom stereocenters. The van der Waals surface area contributed by atoms with Crippen molar-refractivity contribution in [3.05, 3.63) is 28.7 Å². The van der Waals surface area contributed by atoms with Gasteiger partial charge in [0.25, 0.3) is 0 Å². The van der Waals surface area contributed by atoms with Crippen LogP contribution in [0.3, 0.4) is 0 Å². The zero-order valence-corrected chi connectivity index (χ0v) is 15.5. The van der Waals surface area contributed by atoms with Gasteiger partial charge in [-0.15, -0.1) is 6.58 Å². The molecule has 0 saturated heterocycles. The van der Waals surface area contributed by atoms with Crippen LogP contribution in [-0.4, -0.2) is 42.2 Å². The van der Waals surface area contributed by atoms with Gasteiger partial charge in [0.05, 0.1) is 15.1 Å². The Morgan fingerprint density at radius 3 is 2.74 bits per heavy atom. The molecule has 0 bridgehead atoms. The number of nitrogen functional groups attached to an aromatic ring is 1. The molecule has 2 aromatic heterocycles. The summed E-state index contributed by atoms with van der Waals surface area (Å²) in [4.78, 5) is 21.4. The number of anilines is 1. The molecular formula is C15H20IN5O2. The monoisotopic (exact) mass is 429 g/mol. The molecule has 2 aromatic rings. The van der Waals surface area contributed by atoms with Crippen LogP contribution in [0.15, 0.2) is 25.0 Å². The van der Waals surface area contributed by atoms with Crippen molar-refractivity contribution < 1.29 is 9.90 Å². The van der Waals surface area contributed by atoms with E-state index in [1.165, 1.54) is 11.2 Å². The third-order valence-corrected chi connectivity index (χ3v) is 4.47. The maximum Gasteiger partial charge on any atom is 0.408 e. The number of nitrogens with two attached hydrogens (primary N) is 1. The van der Waals surface area contributed by atoms with Crippen molar-refractivity contribution in [3.63, 3.8) is 0 Å². The SMILES string of the molecule is C=C[C@@H](Cn1c(I)cc2c(N)ncnc21)N(C(=O)O)C(C)(C)C. The standard InChI is InChI=1S/C15H20IN5O2/c1-5-9(21(14(22)23)15(2,3)4)7-20-11(16)6-10-12(17)18-8-19-13(10)20/h5-6,8-9H,1,7H2,2-4H3,(H,22,23)(H2,17,18,19)/t9-/m0/s1. The molecule has 1 amide bonds. The second-order valence-corrected chi connectivity index (χ2v) is 7.31. The number of amides is 1. The van der Waals surface area contributed by atoms with Crippen LogP contribution in [0.5, 0.6) is 0 Å². The van der Waals surface area contributed by atoms with Crippen molar-refractivity contribution in [2.45, 2.75) is 38.9 Å². The molecule has 0 spiro atoms. The summed E-state index contributed by atoms with van der Waals surface area (Å²) in [5.41, 5.74) is 6.03. The van der Waals surface area contributed by atoms with E-state index in [1.54, 1.807) is 6.08 Å². The number of aromatic nitrogens is 3. The van der Waals surface area contributed by atoms with Crippen molar-refractivity contribution in [2.24, 2.45) is 0 Å². The van der Waals surface area contributed by atoms with Crippen LogP contribution in [-0.2, 0) is 6.54 Å². The van der Waals surface area contributed by atoms with Crippen LogP contribution in [0.25, 0.3) is 11.0 Å². The van der Waals surface area contributed by atoms with Crippen LogP contribution in [0.2, 0.25) is 0 Å². The molecular weight excluding hydrogens is 409 g/mol. The van der Waals surface area contributed by atoms with Gasteiger partial charge >= 0.3 is 6.09 Å². The predicted molar refractivity (Wildman–Crippen MR) is 98.3 cm³/mol. The smallest absolute Gasteiger partial charge is 0.408 e. The highest BCUT2D eigenvalue weighted by molar-refractivity contribution is 14.1. The highest BCUT2D eigenvalue weighted by Gasteiger charge is 2.32. The molecule has 0 unspecified atom stereocenters. The third kappa shape index (κ3) is 3.41. The average molecular weight is 429 g/mol. The predicted octanol–water partition coefficient (Wildman–Crippen LogP) is 2.95. The molecule has 0 aliphatic carbocycles. The summed E-state index contributed by atoms with van der Waals surface area (Å²) >= 11 is 2.18. The van der Waals surface area contributed by atoms with Gasteiger partial charge in [-0.1, -0.05) is 6.08 Å². The number of fused-ring (bicyclic) bond motifs is 1. The Hall–Kier alpha value is -1.84. The summed E-state index contributed by atoms with van der Waals surface area (Å²) in [6.45, 7) is 9.79. The summed E-state index contributed by atoms with van der Waals surface area (Å²) in [5.74, 6) is 0.410. The molecule has 0 radical (unpaired) electrons. The van der Waals surface area contributed by atoms with E-state index in [0.29, 0.717) is 18.0 Å². The lowest BCUT2D eigenvalue weighted by molar-refractivity contribution is 0.0786. The minimum absolute atomic E-state index is 0.396. The molecule has 2 rings (SSSR count). The lowest BCUT2D eigenvalue weighted by Crippen LogP contribution is -2.51. The first-order chi connectivity index (χ1) is 10.7. The van der Waals surface area contributed by atoms with Gasteiger partial charge < -0.3 is 15.4 Å². The first-order valence-electron chi connectivity index (χ1n) is 7.07. The number of hydrogen-bond donors (Lipinski definition) is 2. The molecule has 7 nitrogen and oxygen atoms in total. The Morgan fingerprint density at radius 1 is 1.57 bits per heavy atom.